The van der Waals surface area contributed by atoms with E-state index in [4.69, 9.17) is 11.6 Å². The molecule has 0 aliphatic carbocycles. The number of hydrogen-bond acceptors (Lipinski definition) is 5. The Labute approximate surface area is 118 Å². The molecule has 0 amide bonds. The predicted octanol–water partition coefficient (Wildman–Crippen LogP) is 3.44. The molecule has 0 saturated carbocycles. The molecule has 106 valence electrons. The summed E-state index contributed by atoms with van der Waals surface area (Å²) in [4.78, 5) is 20.2. The van der Waals surface area contributed by atoms with Crippen molar-refractivity contribution in [1.29, 1.82) is 0 Å². The molecule has 1 heterocycles. The number of halogens is 1. The fraction of sp³-hybridized carbons (Fsp3) is 0.667. The van der Waals surface area contributed by atoms with Gasteiger partial charge in [0.1, 0.15) is 6.20 Å². The summed E-state index contributed by atoms with van der Waals surface area (Å²) in [6.45, 7) is 5.90. The zero-order valence-electron chi connectivity index (χ0n) is 11.3. The van der Waals surface area contributed by atoms with Gasteiger partial charge in [-0.2, -0.15) is 4.98 Å². The number of rotatable bonds is 8. The van der Waals surface area contributed by atoms with Crippen LogP contribution < -0.4 is 4.90 Å². The van der Waals surface area contributed by atoms with Gasteiger partial charge in [0.15, 0.2) is 0 Å². The number of unbranched alkanes of at least 4 members (excludes halogenated alkanes) is 2. The van der Waals surface area contributed by atoms with Gasteiger partial charge in [0, 0.05) is 13.1 Å². The van der Waals surface area contributed by atoms with Gasteiger partial charge in [0.25, 0.3) is 0 Å². The average molecular weight is 287 g/mol. The normalized spacial score (nSPS) is 10.5. The van der Waals surface area contributed by atoms with Crippen molar-refractivity contribution in [2.24, 2.45) is 0 Å². The Balaban J connectivity index is 2.88. The quantitative estimate of drug-likeness (QED) is 0.416. The van der Waals surface area contributed by atoms with E-state index in [1.807, 2.05) is 4.90 Å². The molecular formula is C12H19ClN4O2. The lowest BCUT2D eigenvalue weighted by molar-refractivity contribution is -0.385. The second-order valence-corrected chi connectivity index (χ2v) is 4.66. The Hall–Kier alpha value is -1.43. The molecule has 0 spiro atoms. The molecule has 1 aromatic heterocycles. The van der Waals surface area contributed by atoms with Crippen LogP contribution in [0.2, 0.25) is 5.15 Å². The molecule has 0 aliphatic rings. The molecule has 0 N–H and O–H groups in total. The number of nitro groups is 1. The van der Waals surface area contributed by atoms with Crippen LogP contribution in [0.15, 0.2) is 6.20 Å². The van der Waals surface area contributed by atoms with Crippen LogP contribution in [0.5, 0.6) is 0 Å². The Morgan fingerprint density at radius 1 is 1.32 bits per heavy atom. The first kappa shape index (κ1) is 15.6. The van der Waals surface area contributed by atoms with E-state index in [1.54, 1.807) is 0 Å². The van der Waals surface area contributed by atoms with Crippen molar-refractivity contribution < 1.29 is 4.92 Å². The smallest absolute Gasteiger partial charge is 0.324 e. The maximum atomic E-state index is 10.7. The minimum atomic E-state index is -0.575. The molecule has 0 aliphatic heterocycles. The highest BCUT2D eigenvalue weighted by molar-refractivity contribution is 6.31. The van der Waals surface area contributed by atoms with Gasteiger partial charge in [0.05, 0.1) is 4.92 Å². The molecule has 19 heavy (non-hydrogen) atoms. The molecule has 0 unspecified atom stereocenters. The molecule has 0 radical (unpaired) electrons. The maximum absolute atomic E-state index is 10.7. The van der Waals surface area contributed by atoms with Gasteiger partial charge in [-0.25, -0.2) is 4.98 Å². The summed E-state index contributed by atoms with van der Waals surface area (Å²) < 4.78 is 0. The topological polar surface area (TPSA) is 72.2 Å². The number of aromatic nitrogens is 2. The molecule has 1 aromatic rings. The third-order valence-electron chi connectivity index (χ3n) is 2.75. The second-order valence-electron chi connectivity index (χ2n) is 4.30. The minimum absolute atomic E-state index is 0.104. The summed E-state index contributed by atoms with van der Waals surface area (Å²) in [6, 6.07) is 0. The van der Waals surface area contributed by atoms with E-state index >= 15 is 0 Å². The first-order valence-electron chi connectivity index (χ1n) is 6.52. The standard InChI is InChI=1S/C12H19ClN4O2/c1-3-5-7-16(8-6-4-2)12-14-9-10(17(18)19)11(13)15-12/h9H,3-8H2,1-2H3. The van der Waals surface area contributed by atoms with Gasteiger partial charge in [-0.05, 0) is 12.8 Å². The van der Waals surface area contributed by atoms with Crippen LogP contribution in [0.4, 0.5) is 11.6 Å². The first-order chi connectivity index (χ1) is 9.10. The van der Waals surface area contributed by atoms with Crippen LogP contribution in [0, 0.1) is 10.1 Å². The van der Waals surface area contributed by atoms with E-state index in [2.05, 4.69) is 23.8 Å². The van der Waals surface area contributed by atoms with Crippen LogP contribution in [0.3, 0.4) is 0 Å². The highest BCUT2D eigenvalue weighted by atomic mass is 35.5. The Morgan fingerprint density at radius 3 is 2.32 bits per heavy atom. The SMILES string of the molecule is CCCCN(CCCC)c1ncc([N+](=O)[O-])c(Cl)n1. The fourth-order valence-corrected chi connectivity index (χ4v) is 1.82. The van der Waals surface area contributed by atoms with Crippen molar-refractivity contribution in [2.75, 3.05) is 18.0 Å². The van der Waals surface area contributed by atoms with Crippen LogP contribution in [0.1, 0.15) is 39.5 Å². The van der Waals surface area contributed by atoms with E-state index in [-0.39, 0.29) is 10.8 Å². The monoisotopic (exact) mass is 286 g/mol. The highest BCUT2D eigenvalue weighted by Crippen LogP contribution is 2.23. The van der Waals surface area contributed by atoms with Crippen molar-refractivity contribution in [2.45, 2.75) is 39.5 Å². The third-order valence-corrected chi connectivity index (χ3v) is 3.03. The zero-order chi connectivity index (χ0) is 14.3. The van der Waals surface area contributed by atoms with E-state index in [9.17, 15) is 10.1 Å². The second kappa shape index (κ2) is 7.89. The van der Waals surface area contributed by atoms with Crippen LogP contribution in [-0.4, -0.2) is 28.0 Å². The number of nitrogens with zero attached hydrogens (tertiary/aromatic N) is 4. The van der Waals surface area contributed by atoms with Crippen LogP contribution in [-0.2, 0) is 0 Å². The lowest BCUT2D eigenvalue weighted by atomic mass is 10.3. The summed E-state index contributed by atoms with van der Waals surface area (Å²) in [6.07, 6.45) is 5.38. The molecule has 7 heteroatoms. The molecule has 1 rings (SSSR count). The Bertz CT molecular complexity index is 420. The largest absolute Gasteiger partial charge is 0.341 e. The van der Waals surface area contributed by atoms with Gasteiger partial charge in [-0.1, -0.05) is 38.3 Å². The Kier molecular flexibility index (Phi) is 6.49. The summed E-state index contributed by atoms with van der Waals surface area (Å²) in [5, 5.41) is 10.6. The first-order valence-corrected chi connectivity index (χ1v) is 6.89. The van der Waals surface area contributed by atoms with Gasteiger partial charge in [0.2, 0.25) is 11.1 Å². The molecule has 0 aromatic carbocycles. The third kappa shape index (κ3) is 4.63. The summed E-state index contributed by atoms with van der Waals surface area (Å²) in [5.41, 5.74) is -0.253. The molecule has 0 bridgehead atoms. The van der Waals surface area contributed by atoms with E-state index < -0.39 is 4.92 Å². The van der Waals surface area contributed by atoms with Crippen LogP contribution in [0.25, 0.3) is 0 Å². The fourth-order valence-electron chi connectivity index (χ4n) is 1.63. The van der Waals surface area contributed by atoms with E-state index in [0.717, 1.165) is 38.8 Å². The summed E-state index contributed by atoms with van der Waals surface area (Å²) >= 11 is 5.82. The van der Waals surface area contributed by atoms with Crippen molar-refractivity contribution >= 4 is 23.2 Å². The van der Waals surface area contributed by atoms with Crippen molar-refractivity contribution in [3.05, 3.63) is 21.5 Å². The molecular weight excluding hydrogens is 268 g/mol. The van der Waals surface area contributed by atoms with Crippen molar-refractivity contribution in [3.63, 3.8) is 0 Å². The Morgan fingerprint density at radius 2 is 1.89 bits per heavy atom. The molecule has 0 atom stereocenters. The van der Waals surface area contributed by atoms with Crippen molar-refractivity contribution in [3.8, 4) is 0 Å². The molecule has 0 saturated heterocycles. The zero-order valence-corrected chi connectivity index (χ0v) is 12.1. The summed E-state index contributed by atoms with van der Waals surface area (Å²) in [5.74, 6) is 0.470. The summed E-state index contributed by atoms with van der Waals surface area (Å²) in [7, 11) is 0. The van der Waals surface area contributed by atoms with Crippen molar-refractivity contribution in [1.82, 2.24) is 9.97 Å². The van der Waals surface area contributed by atoms with Gasteiger partial charge < -0.3 is 4.90 Å². The van der Waals surface area contributed by atoms with Crippen LogP contribution >= 0.6 is 11.6 Å². The average Bonchev–Trinajstić information content (AvgIpc) is 2.38. The van der Waals surface area contributed by atoms with Gasteiger partial charge in [-0.15, -0.1) is 0 Å². The lowest BCUT2D eigenvalue weighted by Crippen LogP contribution is -2.27. The van der Waals surface area contributed by atoms with E-state index in [0.29, 0.717) is 5.95 Å². The van der Waals surface area contributed by atoms with Gasteiger partial charge >= 0.3 is 5.69 Å². The van der Waals surface area contributed by atoms with Gasteiger partial charge in [-0.3, -0.25) is 10.1 Å². The highest BCUT2D eigenvalue weighted by Gasteiger charge is 2.17. The number of hydrogen-bond donors (Lipinski definition) is 0. The number of anilines is 1. The minimum Gasteiger partial charge on any atom is -0.341 e. The predicted molar refractivity (Wildman–Crippen MR) is 75.7 cm³/mol. The molecule has 6 nitrogen and oxygen atoms in total. The van der Waals surface area contributed by atoms with E-state index in [1.165, 1.54) is 6.20 Å². The lowest BCUT2D eigenvalue weighted by Gasteiger charge is -2.22. The molecule has 0 fully saturated rings. The maximum Gasteiger partial charge on any atom is 0.324 e.